The topological polar surface area (TPSA) is 106 Å². The molecule has 2 atom stereocenters. The first kappa shape index (κ1) is 23.4. The number of rotatable bonds is 11. The fourth-order valence-electron chi connectivity index (χ4n) is 3.26. The van der Waals surface area contributed by atoms with Crippen molar-refractivity contribution in [3.05, 3.63) is 63.0 Å². The first-order valence-electron chi connectivity index (χ1n) is 9.41. The molecule has 0 amide bonds. The van der Waals surface area contributed by atoms with Gasteiger partial charge in [0.25, 0.3) is 5.56 Å². The van der Waals surface area contributed by atoms with Crippen LogP contribution in [0.5, 0.6) is 0 Å². The highest BCUT2D eigenvalue weighted by atomic mass is 35.5. The summed E-state index contributed by atoms with van der Waals surface area (Å²) in [6, 6.07) is 8.41. The van der Waals surface area contributed by atoms with Crippen molar-refractivity contribution in [2.24, 2.45) is 5.92 Å². The van der Waals surface area contributed by atoms with E-state index in [2.05, 4.69) is 5.10 Å². The first-order chi connectivity index (χ1) is 14.3. The highest BCUT2D eigenvalue weighted by Gasteiger charge is 2.29. The molecule has 30 heavy (non-hydrogen) atoms. The van der Waals surface area contributed by atoms with Crippen molar-refractivity contribution in [2.75, 3.05) is 6.67 Å². The molecule has 0 fully saturated rings. The number of carboxylic acids is 1. The predicted molar refractivity (Wildman–Crippen MR) is 108 cm³/mol. The van der Waals surface area contributed by atoms with Crippen LogP contribution in [0, 0.1) is 5.92 Å². The van der Waals surface area contributed by atoms with Gasteiger partial charge >= 0.3 is 5.97 Å². The molecule has 0 aliphatic rings. The van der Waals surface area contributed by atoms with Crippen molar-refractivity contribution in [3.63, 3.8) is 0 Å². The smallest absolute Gasteiger partial charge is 0.304 e. The maximum atomic E-state index is 12.9. The minimum Gasteiger partial charge on any atom is -0.481 e. The van der Waals surface area contributed by atoms with Crippen molar-refractivity contribution in [3.8, 4) is 0 Å². The lowest BCUT2D eigenvalue weighted by atomic mass is 9.85. The Hall–Kier alpha value is -2.87. The van der Waals surface area contributed by atoms with Gasteiger partial charge in [0.1, 0.15) is 12.5 Å². The molecule has 160 valence electrons. The molecule has 7 nitrogen and oxygen atoms in total. The summed E-state index contributed by atoms with van der Waals surface area (Å²) in [6.07, 6.45) is 0.566. The van der Waals surface area contributed by atoms with Gasteiger partial charge in [-0.05, 0) is 24.1 Å². The van der Waals surface area contributed by atoms with E-state index in [9.17, 15) is 23.6 Å². The van der Waals surface area contributed by atoms with Gasteiger partial charge in [-0.15, -0.1) is 0 Å². The van der Waals surface area contributed by atoms with E-state index in [0.717, 1.165) is 0 Å². The van der Waals surface area contributed by atoms with Gasteiger partial charge in [0.05, 0.1) is 13.0 Å². The second-order valence-corrected chi connectivity index (χ2v) is 7.27. The zero-order valence-corrected chi connectivity index (χ0v) is 17.1. The molecular weight excluding hydrogens is 415 g/mol. The van der Waals surface area contributed by atoms with Crippen LogP contribution in [-0.4, -0.2) is 39.1 Å². The maximum absolute atomic E-state index is 12.9. The van der Waals surface area contributed by atoms with Crippen LogP contribution in [0.15, 0.2) is 41.3 Å². The van der Waals surface area contributed by atoms with Crippen LogP contribution in [0.3, 0.4) is 0 Å². The summed E-state index contributed by atoms with van der Waals surface area (Å²) in [6.45, 7) is 0.463. The Morgan fingerprint density at radius 3 is 2.47 bits per heavy atom. The lowest BCUT2D eigenvalue weighted by Crippen LogP contribution is -2.31. The van der Waals surface area contributed by atoms with Crippen molar-refractivity contribution in [1.29, 1.82) is 0 Å². The van der Waals surface area contributed by atoms with Crippen LogP contribution < -0.4 is 5.56 Å². The van der Waals surface area contributed by atoms with E-state index in [4.69, 9.17) is 16.7 Å². The van der Waals surface area contributed by atoms with Gasteiger partial charge in [-0.3, -0.25) is 19.2 Å². The molecule has 2 unspecified atom stereocenters. The predicted octanol–water partition coefficient (Wildman–Crippen LogP) is 3.03. The summed E-state index contributed by atoms with van der Waals surface area (Å²) in [5, 5.41) is 13.5. The monoisotopic (exact) mass is 436 g/mol. The normalized spacial score (nSPS) is 12.9. The number of hydrogen-bond donors (Lipinski definition) is 1. The Kier molecular flexibility index (Phi) is 8.41. The van der Waals surface area contributed by atoms with Gasteiger partial charge in [-0.25, -0.2) is 9.07 Å². The molecule has 0 aliphatic carbocycles. The molecule has 1 aromatic carbocycles. The van der Waals surface area contributed by atoms with E-state index < -0.39 is 54.4 Å². The van der Waals surface area contributed by atoms with Crippen molar-refractivity contribution in [1.82, 2.24) is 9.78 Å². The number of Topliss-reactive ketones (excluding diaryl/α,β-unsaturated/α-hetero) is 2. The quantitative estimate of drug-likeness (QED) is 0.580. The minimum absolute atomic E-state index is 0.110. The minimum atomic E-state index is -1.35. The fourth-order valence-corrected chi connectivity index (χ4v) is 3.45. The third-order valence-corrected chi connectivity index (χ3v) is 5.22. The maximum Gasteiger partial charge on any atom is 0.304 e. The van der Waals surface area contributed by atoms with E-state index in [1.54, 1.807) is 31.2 Å². The van der Waals surface area contributed by atoms with Crippen LogP contribution in [0.2, 0.25) is 5.02 Å². The van der Waals surface area contributed by atoms with Crippen molar-refractivity contribution in [2.45, 2.75) is 38.6 Å². The summed E-state index contributed by atoms with van der Waals surface area (Å²) in [5.74, 6) is -4.85. The summed E-state index contributed by atoms with van der Waals surface area (Å²) in [4.78, 5) is 48.4. The molecule has 2 rings (SSSR count). The average Bonchev–Trinajstić information content (AvgIpc) is 2.71. The highest BCUT2D eigenvalue weighted by molar-refractivity contribution is 6.31. The van der Waals surface area contributed by atoms with E-state index >= 15 is 0 Å². The van der Waals surface area contributed by atoms with E-state index in [1.165, 1.54) is 16.9 Å². The number of carboxylic acid groups (broad SMARTS) is 1. The lowest BCUT2D eigenvalue weighted by Gasteiger charge is -2.18. The zero-order chi connectivity index (χ0) is 22.3. The first-order valence-corrected chi connectivity index (χ1v) is 9.78. The largest absolute Gasteiger partial charge is 0.481 e. The molecule has 0 aliphatic heterocycles. The molecule has 9 heteroatoms. The number of carbonyl (C=O) groups excluding carboxylic acids is 2. The number of carbonyl (C=O) groups is 3. The Balaban J connectivity index is 2.30. The average molecular weight is 437 g/mol. The van der Waals surface area contributed by atoms with Crippen LogP contribution in [0.1, 0.15) is 43.2 Å². The molecule has 0 radical (unpaired) electrons. The lowest BCUT2D eigenvalue weighted by molar-refractivity contribution is -0.141. The van der Waals surface area contributed by atoms with Crippen molar-refractivity contribution < 1.29 is 23.9 Å². The number of halogens is 2. The number of aromatic nitrogens is 2. The van der Waals surface area contributed by atoms with E-state index in [0.29, 0.717) is 10.6 Å². The zero-order valence-electron chi connectivity index (χ0n) is 16.4. The van der Waals surface area contributed by atoms with Gasteiger partial charge in [0.2, 0.25) is 0 Å². The summed E-state index contributed by atoms with van der Waals surface area (Å²) < 4.78 is 14.0. The number of ketones is 2. The summed E-state index contributed by atoms with van der Waals surface area (Å²) in [5.41, 5.74) is 0.385. The third kappa shape index (κ3) is 5.82. The molecule has 1 heterocycles. The van der Waals surface area contributed by atoms with Gasteiger partial charge in [0, 0.05) is 35.0 Å². The van der Waals surface area contributed by atoms with E-state index in [1.807, 2.05) is 0 Å². The SMILES string of the molecule is CCC(C(=O)CC(CC(=O)O)C(=O)CF)c1ccnn(Cc2ccccc2Cl)c1=O. The van der Waals surface area contributed by atoms with E-state index in [-0.39, 0.29) is 18.5 Å². The number of alkyl halides is 1. The number of hydrogen-bond acceptors (Lipinski definition) is 5. The van der Waals surface area contributed by atoms with Gasteiger partial charge in [-0.1, -0.05) is 36.7 Å². The molecular formula is C21H22ClFN2O5. The Morgan fingerprint density at radius 2 is 1.87 bits per heavy atom. The molecule has 1 N–H and O–H groups in total. The second-order valence-electron chi connectivity index (χ2n) is 6.87. The highest BCUT2D eigenvalue weighted by Crippen LogP contribution is 2.23. The van der Waals surface area contributed by atoms with Gasteiger partial charge in [-0.2, -0.15) is 5.10 Å². The summed E-state index contributed by atoms with van der Waals surface area (Å²) >= 11 is 6.14. The Bertz CT molecular complexity index is 991. The van der Waals surface area contributed by atoms with Crippen LogP contribution in [-0.2, 0) is 20.9 Å². The second kappa shape index (κ2) is 10.8. The molecule has 0 saturated carbocycles. The Morgan fingerprint density at radius 1 is 1.17 bits per heavy atom. The number of nitrogens with zero attached hydrogens (tertiary/aromatic N) is 2. The summed E-state index contributed by atoms with van der Waals surface area (Å²) in [7, 11) is 0. The molecule has 0 saturated heterocycles. The van der Waals surface area contributed by atoms with Crippen LogP contribution in [0.4, 0.5) is 4.39 Å². The van der Waals surface area contributed by atoms with Gasteiger partial charge < -0.3 is 5.11 Å². The molecule has 0 bridgehead atoms. The molecule has 2 aromatic rings. The number of aliphatic carboxylic acids is 1. The van der Waals surface area contributed by atoms with Crippen LogP contribution >= 0.6 is 11.6 Å². The third-order valence-electron chi connectivity index (χ3n) is 4.85. The van der Waals surface area contributed by atoms with Crippen LogP contribution in [0.25, 0.3) is 0 Å². The number of benzene rings is 1. The fraction of sp³-hybridized carbons (Fsp3) is 0.381. The molecule has 0 spiro atoms. The van der Waals surface area contributed by atoms with Gasteiger partial charge in [0.15, 0.2) is 5.78 Å². The van der Waals surface area contributed by atoms with Crippen molar-refractivity contribution >= 4 is 29.1 Å². The standard InChI is InChI=1S/C21H22ClFN2O5/c1-2-15(18(26)9-14(10-20(28)29)19(27)11-23)16-7-8-24-25(21(16)30)12-13-5-3-4-6-17(13)22/h3-8,14-15H,2,9-12H2,1H3,(H,28,29). The Labute approximate surface area is 177 Å². The molecule has 1 aromatic heterocycles.